The minimum atomic E-state index is -4.44. The molecule has 0 aliphatic carbocycles. The van der Waals surface area contributed by atoms with Crippen LogP contribution in [0, 0.1) is 0 Å². The minimum absolute atomic E-state index is 0.0862. The van der Waals surface area contributed by atoms with Crippen molar-refractivity contribution in [2.75, 3.05) is 18.4 Å². The van der Waals surface area contributed by atoms with E-state index in [1.165, 1.54) is 0 Å². The van der Waals surface area contributed by atoms with Gasteiger partial charge >= 0.3 is 6.18 Å². The molecule has 0 aliphatic heterocycles. The van der Waals surface area contributed by atoms with Gasteiger partial charge in [0.05, 0.1) is 22.8 Å². The summed E-state index contributed by atoms with van der Waals surface area (Å²) in [5, 5.41) is 5.33. The highest BCUT2D eigenvalue weighted by molar-refractivity contribution is 6.33. The predicted octanol–water partition coefficient (Wildman–Crippen LogP) is 3.30. The molecule has 106 valence electrons. The fourth-order valence-corrected chi connectivity index (χ4v) is 1.52. The Bertz CT molecular complexity index is 449. The van der Waals surface area contributed by atoms with E-state index in [4.69, 9.17) is 11.6 Å². The summed E-state index contributed by atoms with van der Waals surface area (Å²) < 4.78 is 37.5. The van der Waals surface area contributed by atoms with Crippen molar-refractivity contribution in [3.63, 3.8) is 0 Å². The molecule has 0 atom stereocenters. The molecule has 19 heavy (non-hydrogen) atoms. The second kappa shape index (κ2) is 6.65. The molecule has 1 aromatic rings. The van der Waals surface area contributed by atoms with Gasteiger partial charge in [0, 0.05) is 6.54 Å². The van der Waals surface area contributed by atoms with Gasteiger partial charge in [-0.25, -0.2) is 0 Å². The average molecular weight is 295 g/mol. The van der Waals surface area contributed by atoms with Crippen molar-refractivity contribution in [1.82, 2.24) is 5.32 Å². The van der Waals surface area contributed by atoms with Crippen LogP contribution in [-0.2, 0) is 11.0 Å². The third-order valence-electron chi connectivity index (χ3n) is 2.31. The molecule has 0 unspecified atom stereocenters. The molecule has 0 bridgehead atoms. The summed E-state index contributed by atoms with van der Waals surface area (Å²) >= 11 is 5.77. The Kier molecular flexibility index (Phi) is 5.47. The van der Waals surface area contributed by atoms with Crippen molar-refractivity contribution in [3.8, 4) is 0 Å². The Morgan fingerprint density at radius 2 is 2.05 bits per heavy atom. The molecule has 0 fully saturated rings. The minimum Gasteiger partial charge on any atom is -0.375 e. The van der Waals surface area contributed by atoms with Crippen LogP contribution in [0.3, 0.4) is 0 Å². The van der Waals surface area contributed by atoms with Crippen molar-refractivity contribution in [2.24, 2.45) is 0 Å². The van der Waals surface area contributed by atoms with Crippen molar-refractivity contribution < 1.29 is 18.0 Å². The van der Waals surface area contributed by atoms with Crippen molar-refractivity contribution >= 4 is 23.2 Å². The maximum Gasteiger partial charge on any atom is 0.416 e. The molecule has 0 radical (unpaired) electrons. The second-order valence-corrected chi connectivity index (χ2v) is 4.30. The molecule has 1 amide bonds. The molecule has 2 N–H and O–H groups in total. The first-order chi connectivity index (χ1) is 8.84. The summed E-state index contributed by atoms with van der Waals surface area (Å²) in [6, 6.07) is 2.93. The van der Waals surface area contributed by atoms with Gasteiger partial charge < -0.3 is 10.6 Å². The van der Waals surface area contributed by atoms with E-state index >= 15 is 0 Å². The number of rotatable bonds is 5. The van der Waals surface area contributed by atoms with E-state index in [1.54, 1.807) is 0 Å². The van der Waals surface area contributed by atoms with E-state index in [-0.39, 0.29) is 23.2 Å². The van der Waals surface area contributed by atoms with Crippen LogP contribution in [0.1, 0.15) is 18.9 Å². The van der Waals surface area contributed by atoms with Crippen molar-refractivity contribution in [2.45, 2.75) is 19.5 Å². The van der Waals surface area contributed by atoms with Gasteiger partial charge in [-0.1, -0.05) is 18.5 Å². The number of carbonyl (C=O) groups is 1. The fourth-order valence-electron chi connectivity index (χ4n) is 1.34. The fraction of sp³-hybridized carbons (Fsp3) is 0.417. The summed E-state index contributed by atoms with van der Waals surface area (Å²) in [4.78, 5) is 11.3. The van der Waals surface area contributed by atoms with Gasteiger partial charge in [-0.05, 0) is 24.6 Å². The number of halogens is 4. The van der Waals surface area contributed by atoms with Crippen LogP contribution in [-0.4, -0.2) is 19.0 Å². The lowest BCUT2D eigenvalue weighted by atomic mass is 10.2. The van der Waals surface area contributed by atoms with E-state index in [2.05, 4.69) is 10.6 Å². The third kappa shape index (κ3) is 4.98. The number of carbonyl (C=O) groups excluding carboxylic acids is 1. The molecule has 0 aliphatic rings. The van der Waals surface area contributed by atoms with Crippen LogP contribution < -0.4 is 10.6 Å². The number of hydrogen-bond acceptors (Lipinski definition) is 2. The highest BCUT2D eigenvalue weighted by atomic mass is 35.5. The van der Waals surface area contributed by atoms with E-state index in [9.17, 15) is 18.0 Å². The summed E-state index contributed by atoms with van der Waals surface area (Å²) in [5.41, 5.74) is -0.725. The zero-order valence-corrected chi connectivity index (χ0v) is 11.0. The average Bonchev–Trinajstić information content (AvgIpc) is 2.33. The largest absolute Gasteiger partial charge is 0.416 e. The maximum absolute atomic E-state index is 12.5. The van der Waals surface area contributed by atoms with Crippen molar-refractivity contribution in [1.29, 1.82) is 0 Å². The SMILES string of the molecule is CCCNC(=O)CNc1cc(C(F)(F)F)ccc1Cl. The first kappa shape index (κ1) is 15.6. The first-order valence-corrected chi connectivity index (χ1v) is 6.09. The Morgan fingerprint density at radius 1 is 1.37 bits per heavy atom. The number of benzene rings is 1. The van der Waals surface area contributed by atoms with Gasteiger partial charge in [0.25, 0.3) is 0 Å². The topological polar surface area (TPSA) is 41.1 Å². The monoisotopic (exact) mass is 294 g/mol. The zero-order chi connectivity index (χ0) is 14.5. The quantitative estimate of drug-likeness (QED) is 0.875. The van der Waals surface area contributed by atoms with Gasteiger partial charge in [-0.15, -0.1) is 0 Å². The normalized spacial score (nSPS) is 11.2. The lowest BCUT2D eigenvalue weighted by Gasteiger charge is -2.12. The van der Waals surface area contributed by atoms with Crippen LogP contribution in [0.4, 0.5) is 18.9 Å². The lowest BCUT2D eigenvalue weighted by molar-refractivity contribution is -0.137. The molecular formula is C12H14ClF3N2O. The number of nitrogens with one attached hydrogen (secondary N) is 2. The Hall–Kier alpha value is -1.43. The van der Waals surface area contributed by atoms with Crippen molar-refractivity contribution in [3.05, 3.63) is 28.8 Å². The molecular weight excluding hydrogens is 281 g/mol. The van der Waals surface area contributed by atoms with Gasteiger partial charge in [-0.3, -0.25) is 4.79 Å². The van der Waals surface area contributed by atoms with Gasteiger partial charge in [0.15, 0.2) is 0 Å². The van der Waals surface area contributed by atoms with Crippen LogP contribution in [0.15, 0.2) is 18.2 Å². The predicted molar refractivity (Wildman–Crippen MR) is 68.2 cm³/mol. The van der Waals surface area contributed by atoms with Gasteiger partial charge in [-0.2, -0.15) is 13.2 Å². The number of anilines is 1. The van der Waals surface area contributed by atoms with Crippen LogP contribution >= 0.6 is 11.6 Å². The first-order valence-electron chi connectivity index (χ1n) is 5.72. The summed E-state index contributed by atoms with van der Waals surface area (Å²) in [5.74, 6) is -0.296. The molecule has 3 nitrogen and oxygen atoms in total. The van der Waals surface area contributed by atoms with Gasteiger partial charge in [0.1, 0.15) is 0 Å². The molecule has 0 aromatic heterocycles. The van der Waals surface area contributed by atoms with E-state index in [0.717, 1.165) is 24.6 Å². The zero-order valence-electron chi connectivity index (χ0n) is 10.3. The summed E-state index contributed by atoms with van der Waals surface area (Å²) in [7, 11) is 0. The highest BCUT2D eigenvalue weighted by Crippen LogP contribution is 2.33. The summed E-state index contributed by atoms with van der Waals surface area (Å²) in [6.45, 7) is 2.30. The smallest absolute Gasteiger partial charge is 0.375 e. The molecule has 0 saturated heterocycles. The van der Waals surface area contributed by atoms with E-state index in [0.29, 0.717) is 6.54 Å². The number of amides is 1. The second-order valence-electron chi connectivity index (χ2n) is 3.90. The van der Waals surface area contributed by atoms with Crippen LogP contribution in [0.2, 0.25) is 5.02 Å². The molecule has 0 spiro atoms. The van der Waals surface area contributed by atoms with Gasteiger partial charge in [0.2, 0.25) is 5.91 Å². The number of alkyl halides is 3. The maximum atomic E-state index is 12.5. The standard InChI is InChI=1S/C12H14ClF3N2O/c1-2-5-17-11(19)7-18-10-6-8(12(14,15)16)3-4-9(10)13/h3-4,6,18H,2,5,7H2,1H3,(H,17,19). The Balaban J connectivity index is 2.70. The highest BCUT2D eigenvalue weighted by Gasteiger charge is 2.30. The lowest BCUT2D eigenvalue weighted by Crippen LogP contribution is -2.30. The van der Waals surface area contributed by atoms with E-state index < -0.39 is 11.7 Å². The van der Waals surface area contributed by atoms with E-state index in [1.807, 2.05) is 6.92 Å². The molecule has 0 heterocycles. The molecule has 1 rings (SSSR count). The summed E-state index contributed by atoms with van der Waals surface area (Å²) in [6.07, 6.45) is -3.65. The number of hydrogen-bond donors (Lipinski definition) is 2. The Labute approximate surface area is 114 Å². The van der Waals surface area contributed by atoms with Crippen LogP contribution in [0.5, 0.6) is 0 Å². The van der Waals surface area contributed by atoms with Crippen LogP contribution in [0.25, 0.3) is 0 Å². The Morgan fingerprint density at radius 3 is 2.63 bits per heavy atom. The third-order valence-corrected chi connectivity index (χ3v) is 2.63. The molecule has 0 saturated carbocycles. The molecule has 7 heteroatoms. The molecule has 1 aromatic carbocycles.